The number of nitrogen functional groups attached to an aromatic ring is 1. The third-order valence-corrected chi connectivity index (χ3v) is 3.09. The predicted octanol–water partition coefficient (Wildman–Crippen LogP) is 2.12. The molecule has 3 N–H and O–H groups in total. The average Bonchev–Trinajstić information content (AvgIpc) is 2.49. The maximum atomic E-state index is 11.9. The number of hydrogen-bond donors (Lipinski definition) is 2. The van der Waals surface area contributed by atoms with Gasteiger partial charge in [0.25, 0.3) is 0 Å². The molecule has 1 amide bonds. The average molecular weight is 294 g/mol. The molecule has 1 heterocycles. The first-order valence-corrected chi connectivity index (χ1v) is 7.53. The summed E-state index contributed by atoms with van der Waals surface area (Å²) in [6, 6.07) is 3.54. The Kier molecular flexibility index (Phi) is 7.36. The second-order valence-electron chi connectivity index (χ2n) is 4.68. The van der Waals surface area contributed by atoms with E-state index in [1.165, 1.54) is 0 Å². The Hall–Kier alpha value is -1.98. The minimum atomic E-state index is 0.144. The van der Waals surface area contributed by atoms with Gasteiger partial charge >= 0.3 is 0 Å². The largest absolute Gasteiger partial charge is 0.476 e. The second kappa shape index (κ2) is 9.05. The summed E-state index contributed by atoms with van der Waals surface area (Å²) in [5, 5.41) is 3.13. The quantitative estimate of drug-likeness (QED) is 0.729. The molecule has 0 spiro atoms. The van der Waals surface area contributed by atoms with Crippen LogP contribution in [0.15, 0.2) is 12.1 Å². The van der Waals surface area contributed by atoms with E-state index in [2.05, 4.69) is 10.3 Å². The van der Waals surface area contributed by atoms with Crippen LogP contribution < -0.4 is 15.8 Å². The van der Waals surface area contributed by atoms with Gasteiger partial charge in [-0.25, -0.2) is 0 Å². The lowest BCUT2D eigenvalue weighted by Crippen LogP contribution is -2.31. The Morgan fingerprint density at radius 3 is 2.67 bits per heavy atom. The van der Waals surface area contributed by atoms with Crippen molar-refractivity contribution in [2.24, 2.45) is 0 Å². The summed E-state index contributed by atoms with van der Waals surface area (Å²) in [5.74, 6) is 1.25. The summed E-state index contributed by atoms with van der Waals surface area (Å²) in [6.07, 6.45) is 1.34. The lowest BCUT2D eigenvalue weighted by Gasteiger charge is -2.18. The molecule has 21 heavy (non-hydrogen) atoms. The number of aromatic nitrogens is 1. The number of anilines is 2. The van der Waals surface area contributed by atoms with Crippen LogP contribution in [-0.2, 0) is 4.79 Å². The lowest BCUT2D eigenvalue weighted by atomic mass is 10.3. The molecule has 1 aromatic heterocycles. The number of pyridine rings is 1. The van der Waals surface area contributed by atoms with Gasteiger partial charge in [0.1, 0.15) is 5.82 Å². The van der Waals surface area contributed by atoms with Gasteiger partial charge < -0.3 is 20.7 Å². The smallest absolute Gasteiger partial charge is 0.239 e. The number of rotatable bonds is 9. The molecule has 0 aliphatic carbocycles. The number of nitrogens with zero attached hydrogens (tertiary/aromatic N) is 2. The van der Waals surface area contributed by atoms with Crippen molar-refractivity contribution < 1.29 is 9.53 Å². The van der Waals surface area contributed by atoms with Crippen molar-refractivity contribution in [2.45, 2.75) is 33.6 Å². The Bertz CT molecular complexity index is 447. The Morgan fingerprint density at radius 1 is 1.33 bits per heavy atom. The highest BCUT2D eigenvalue weighted by molar-refractivity contribution is 5.76. The topological polar surface area (TPSA) is 80.5 Å². The normalized spacial score (nSPS) is 10.2. The first-order valence-electron chi connectivity index (χ1n) is 7.53. The van der Waals surface area contributed by atoms with Gasteiger partial charge in [0.05, 0.1) is 12.3 Å². The van der Waals surface area contributed by atoms with Gasteiger partial charge in [-0.1, -0.05) is 6.92 Å². The van der Waals surface area contributed by atoms with Crippen LogP contribution in [0, 0.1) is 0 Å². The Balaban J connectivity index is 2.50. The van der Waals surface area contributed by atoms with Crippen LogP contribution in [-0.4, -0.2) is 42.0 Å². The summed E-state index contributed by atoms with van der Waals surface area (Å²) in [6.45, 7) is 8.59. The third-order valence-electron chi connectivity index (χ3n) is 3.09. The van der Waals surface area contributed by atoms with Crippen molar-refractivity contribution in [3.63, 3.8) is 0 Å². The minimum Gasteiger partial charge on any atom is -0.476 e. The van der Waals surface area contributed by atoms with Crippen LogP contribution in [0.1, 0.15) is 33.6 Å². The standard InChI is InChI=1S/C15H26N4O2/c1-4-11-21-15-12(16)7-8-13(18-15)17-10-9-14(20)19(5-2)6-3/h7-8H,4-6,9-11,16H2,1-3H3,(H,17,18). The highest BCUT2D eigenvalue weighted by Gasteiger charge is 2.09. The van der Waals surface area contributed by atoms with E-state index in [1.54, 1.807) is 12.1 Å². The summed E-state index contributed by atoms with van der Waals surface area (Å²) in [5.41, 5.74) is 6.33. The fourth-order valence-corrected chi connectivity index (χ4v) is 1.90. The molecule has 0 radical (unpaired) electrons. The van der Waals surface area contributed by atoms with Gasteiger partial charge in [0, 0.05) is 26.1 Å². The van der Waals surface area contributed by atoms with E-state index < -0.39 is 0 Å². The summed E-state index contributed by atoms with van der Waals surface area (Å²) >= 11 is 0. The minimum absolute atomic E-state index is 0.144. The predicted molar refractivity (Wildman–Crippen MR) is 85.5 cm³/mol. The van der Waals surface area contributed by atoms with Gasteiger partial charge in [-0.05, 0) is 32.4 Å². The van der Waals surface area contributed by atoms with E-state index >= 15 is 0 Å². The number of carbonyl (C=O) groups excluding carboxylic acids is 1. The molecule has 1 rings (SSSR count). The highest BCUT2D eigenvalue weighted by atomic mass is 16.5. The number of hydrogen-bond acceptors (Lipinski definition) is 5. The van der Waals surface area contributed by atoms with Crippen molar-refractivity contribution in [3.8, 4) is 5.88 Å². The first-order chi connectivity index (χ1) is 10.1. The molecule has 0 aliphatic rings. The van der Waals surface area contributed by atoms with Crippen molar-refractivity contribution in [1.82, 2.24) is 9.88 Å². The SMILES string of the molecule is CCCOc1nc(NCCC(=O)N(CC)CC)ccc1N. The molecule has 0 saturated heterocycles. The van der Waals surface area contributed by atoms with E-state index in [0.29, 0.717) is 37.0 Å². The Morgan fingerprint density at radius 2 is 2.05 bits per heavy atom. The van der Waals surface area contributed by atoms with E-state index in [-0.39, 0.29) is 5.91 Å². The van der Waals surface area contributed by atoms with Gasteiger partial charge in [-0.3, -0.25) is 4.79 Å². The molecule has 0 atom stereocenters. The first kappa shape index (κ1) is 17.1. The fourth-order valence-electron chi connectivity index (χ4n) is 1.90. The van der Waals surface area contributed by atoms with Crippen LogP contribution in [0.2, 0.25) is 0 Å². The molecule has 0 aromatic carbocycles. The lowest BCUT2D eigenvalue weighted by molar-refractivity contribution is -0.130. The number of amides is 1. The third kappa shape index (κ3) is 5.49. The van der Waals surface area contributed by atoms with Crippen molar-refractivity contribution in [2.75, 3.05) is 37.3 Å². The maximum Gasteiger partial charge on any atom is 0.239 e. The van der Waals surface area contributed by atoms with Gasteiger partial charge in [0.2, 0.25) is 11.8 Å². The number of ether oxygens (including phenoxy) is 1. The molecule has 1 aromatic rings. The summed E-state index contributed by atoms with van der Waals surface area (Å²) in [4.78, 5) is 18.0. The summed E-state index contributed by atoms with van der Waals surface area (Å²) < 4.78 is 5.48. The van der Waals surface area contributed by atoms with E-state index in [4.69, 9.17) is 10.5 Å². The zero-order valence-electron chi connectivity index (χ0n) is 13.2. The van der Waals surface area contributed by atoms with Crippen LogP contribution in [0.4, 0.5) is 11.5 Å². The Labute approximate surface area is 126 Å². The molecule has 0 saturated carbocycles. The molecule has 0 bridgehead atoms. The van der Waals surface area contributed by atoms with Crippen LogP contribution >= 0.6 is 0 Å². The molecular formula is C15H26N4O2. The molecular weight excluding hydrogens is 268 g/mol. The molecule has 118 valence electrons. The van der Waals surface area contributed by atoms with Gasteiger partial charge in [-0.2, -0.15) is 4.98 Å². The van der Waals surface area contributed by atoms with E-state index in [0.717, 1.165) is 19.5 Å². The van der Waals surface area contributed by atoms with Gasteiger partial charge in [0.15, 0.2) is 0 Å². The zero-order chi connectivity index (χ0) is 15.7. The second-order valence-corrected chi connectivity index (χ2v) is 4.68. The maximum absolute atomic E-state index is 11.9. The van der Waals surface area contributed by atoms with Crippen molar-refractivity contribution in [1.29, 1.82) is 0 Å². The molecule has 6 heteroatoms. The van der Waals surface area contributed by atoms with E-state index in [1.807, 2.05) is 25.7 Å². The number of carbonyl (C=O) groups is 1. The monoisotopic (exact) mass is 294 g/mol. The molecule has 0 fully saturated rings. The number of nitrogens with two attached hydrogens (primary N) is 1. The van der Waals surface area contributed by atoms with Crippen molar-refractivity contribution in [3.05, 3.63) is 12.1 Å². The summed E-state index contributed by atoms with van der Waals surface area (Å²) in [7, 11) is 0. The van der Waals surface area contributed by atoms with E-state index in [9.17, 15) is 4.79 Å². The van der Waals surface area contributed by atoms with Gasteiger partial charge in [-0.15, -0.1) is 0 Å². The highest BCUT2D eigenvalue weighted by Crippen LogP contribution is 2.20. The number of nitrogens with one attached hydrogen (secondary N) is 1. The van der Waals surface area contributed by atoms with Crippen LogP contribution in [0.25, 0.3) is 0 Å². The fraction of sp³-hybridized carbons (Fsp3) is 0.600. The zero-order valence-corrected chi connectivity index (χ0v) is 13.2. The van der Waals surface area contributed by atoms with Crippen LogP contribution in [0.3, 0.4) is 0 Å². The molecule has 6 nitrogen and oxygen atoms in total. The molecule has 0 aliphatic heterocycles. The van der Waals surface area contributed by atoms with Crippen LogP contribution in [0.5, 0.6) is 5.88 Å². The van der Waals surface area contributed by atoms with Crippen molar-refractivity contribution >= 4 is 17.4 Å². The molecule has 0 unspecified atom stereocenters.